The molecule has 9 heteroatoms. The first kappa shape index (κ1) is 25.6. The number of carbonyl (C=O) groups is 3. The number of benzene rings is 2. The lowest BCUT2D eigenvalue weighted by Gasteiger charge is -2.17. The monoisotopic (exact) mass is 516 g/mol. The number of nitrogens with zero attached hydrogens (tertiary/aromatic N) is 2. The quantitative estimate of drug-likeness (QED) is 0.118. The molecule has 0 radical (unpaired) electrons. The second kappa shape index (κ2) is 11.5. The SMILES string of the molecule is C=C(/C=C(OC)\C(=C\OC)OCCN1C(=O)c2ccccc2C1=O)C(=O)c1csc(-c2ccccc2)n1. The lowest BCUT2D eigenvalue weighted by Crippen LogP contribution is -2.33. The predicted octanol–water partition coefficient (Wildman–Crippen LogP) is 4.88. The third-order valence-corrected chi connectivity index (χ3v) is 6.38. The second-order valence-electron chi connectivity index (χ2n) is 7.84. The van der Waals surface area contributed by atoms with E-state index < -0.39 is 0 Å². The Morgan fingerprint density at radius 3 is 2.27 bits per heavy atom. The van der Waals surface area contributed by atoms with Crippen molar-refractivity contribution in [2.75, 3.05) is 27.4 Å². The normalized spacial score (nSPS) is 13.4. The summed E-state index contributed by atoms with van der Waals surface area (Å²) in [6.45, 7) is 3.87. The van der Waals surface area contributed by atoms with E-state index in [0.29, 0.717) is 11.1 Å². The Morgan fingerprint density at radius 2 is 1.65 bits per heavy atom. The van der Waals surface area contributed by atoms with Gasteiger partial charge in [0.05, 0.1) is 31.9 Å². The molecule has 0 fully saturated rings. The van der Waals surface area contributed by atoms with Crippen molar-refractivity contribution in [2.24, 2.45) is 0 Å². The van der Waals surface area contributed by atoms with Gasteiger partial charge in [-0.05, 0) is 18.2 Å². The molecule has 2 amide bonds. The molecule has 3 aromatic rings. The summed E-state index contributed by atoms with van der Waals surface area (Å²) in [4.78, 5) is 43.7. The molecule has 188 valence electrons. The number of aromatic nitrogens is 1. The Morgan fingerprint density at radius 1 is 1.00 bits per heavy atom. The highest BCUT2D eigenvalue weighted by Crippen LogP contribution is 2.26. The maximum absolute atomic E-state index is 13.0. The molecule has 8 nitrogen and oxygen atoms in total. The van der Waals surface area contributed by atoms with Gasteiger partial charge < -0.3 is 14.2 Å². The zero-order chi connectivity index (χ0) is 26.4. The largest absolute Gasteiger partial charge is 0.500 e. The lowest BCUT2D eigenvalue weighted by molar-refractivity contribution is 0.0600. The van der Waals surface area contributed by atoms with Crippen molar-refractivity contribution in [3.63, 3.8) is 0 Å². The lowest BCUT2D eigenvalue weighted by atomic mass is 10.1. The van der Waals surface area contributed by atoms with Crippen molar-refractivity contribution in [2.45, 2.75) is 0 Å². The van der Waals surface area contributed by atoms with E-state index in [1.807, 2.05) is 30.3 Å². The van der Waals surface area contributed by atoms with Crippen LogP contribution in [-0.2, 0) is 14.2 Å². The summed E-state index contributed by atoms with van der Waals surface area (Å²) in [5.41, 5.74) is 2.05. The van der Waals surface area contributed by atoms with Crippen LogP contribution < -0.4 is 0 Å². The van der Waals surface area contributed by atoms with Gasteiger partial charge in [-0.1, -0.05) is 49.0 Å². The van der Waals surface area contributed by atoms with Crippen LogP contribution in [0, 0.1) is 0 Å². The minimum Gasteiger partial charge on any atom is -0.500 e. The van der Waals surface area contributed by atoms with Crippen LogP contribution in [0.5, 0.6) is 0 Å². The highest BCUT2D eigenvalue weighted by molar-refractivity contribution is 7.13. The molecule has 0 bridgehead atoms. The number of hydrogen-bond donors (Lipinski definition) is 0. The number of ketones is 1. The molecule has 1 aromatic heterocycles. The van der Waals surface area contributed by atoms with Gasteiger partial charge in [-0.3, -0.25) is 19.3 Å². The molecule has 2 heterocycles. The van der Waals surface area contributed by atoms with Crippen LogP contribution in [0.1, 0.15) is 31.2 Å². The highest BCUT2D eigenvalue weighted by atomic mass is 32.1. The van der Waals surface area contributed by atoms with E-state index in [9.17, 15) is 14.4 Å². The van der Waals surface area contributed by atoms with Gasteiger partial charge in [0.1, 0.15) is 23.6 Å². The molecule has 37 heavy (non-hydrogen) atoms. The molecule has 0 unspecified atom stereocenters. The average molecular weight is 517 g/mol. The fourth-order valence-electron chi connectivity index (χ4n) is 3.67. The highest BCUT2D eigenvalue weighted by Gasteiger charge is 2.34. The summed E-state index contributed by atoms with van der Waals surface area (Å²) in [6.07, 6.45) is 2.72. The van der Waals surface area contributed by atoms with Gasteiger partial charge >= 0.3 is 0 Å². The molecule has 0 atom stereocenters. The molecule has 0 aliphatic carbocycles. The minimum absolute atomic E-state index is 0.0192. The summed E-state index contributed by atoms with van der Waals surface area (Å²) in [5.74, 6) is -0.766. The summed E-state index contributed by atoms with van der Waals surface area (Å²) >= 11 is 1.37. The van der Waals surface area contributed by atoms with Crippen molar-refractivity contribution in [3.05, 3.63) is 113 Å². The number of fused-ring (bicyclic) bond motifs is 1. The number of imide groups is 1. The number of carbonyl (C=O) groups excluding carboxylic acids is 3. The van der Waals surface area contributed by atoms with Gasteiger partial charge in [-0.25, -0.2) is 4.98 Å². The van der Waals surface area contributed by atoms with Crippen LogP contribution in [-0.4, -0.2) is 54.9 Å². The van der Waals surface area contributed by atoms with Crippen LogP contribution in [0.25, 0.3) is 10.6 Å². The van der Waals surface area contributed by atoms with Crippen molar-refractivity contribution in [1.29, 1.82) is 0 Å². The maximum Gasteiger partial charge on any atom is 0.261 e. The molecule has 1 aliphatic rings. The Labute approximate surface area is 218 Å². The number of Topliss-reactive ketones (excluding diaryl/α,β-unsaturated/α-hetero) is 1. The zero-order valence-corrected chi connectivity index (χ0v) is 21.1. The number of rotatable bonds is 11. The van der Waals surface area contributed by atoms with Crippen molar-refractivity contribution in [1.82, 2.24) is 9.88 Å². The molecule has 0 spiro atoms. The Kier molecular flexibility index (Phi) is 7.95. The van der Waals surface area contributed by atoms with E-state index in [-0.39, 0.29) is 53.5 Å². The number of allylic oxidation sites excluding steroid dienone is 2. The molecule has 0 N–H and O–H groups in total. The van der Waals surface area contributed by atoms with Gasteiger partial charge in [-0.2, -0.15) is 0 Å². The Balaban J connectivity index is 1.43. The first-order chi connectivity index (χ1) is 17.9. The van der Waals surface area contributed by atoms with Gasteiger partial charge in [-0.15, -0.1) is 11.3 Å². The minimum atomic E-state index is -0.374. The Hall–Kier alpha value is -4.50. The third-order valence-electron chi connectivity index (χ3n) is 5.49. The molecular weight excluding hydrogens is 492 g/mol. The number of hydrogen-bond acceptors (Lipinski definition) is 8. The van der Waals surface area contributed by atoms with Gasteiger partial charge in [0.25, 0.3) is 11.8 Å². The number of ether oxygens (including phenoxy) is 3. The first-order valence-electron chi connectivity index (χ1n) is 11.3. The van der Waals surface area contributed by atoms with Crippen LogP contribution >= 0.6 is 11.3 Å². The van der Waals surface area contributed by atoms with Crippen LogP contribution in [0.2, 0.25) is 0 Å². The molecule has 0 saturated carbocycles. The molecular formula is C28H24N2O6S. The van der Waals surface area contributed by atoms with Crippen molar-refractivity contribution < 1.29 is 28.6 Å². The van der Waals surface area contributed by atoms with E-state index in [1.54, 1.807) is 29.6 Å². The van der Waals surface area contributed by atoms with Crippen molar-refractivity contribution >= 4 is 28.9 Å². The summed E-state index contributed by atoms with van der Waals surface area (Å²) in [6, 6.07) is 16.2. The van der Waals surface area contributed by atoms with Gasteiger partial charge in [0.15, 0.2) is 11.5 Å². The third kappa shape index (κ3) is 5.52. The molecule has 1 aliphatic heterocycles. The average Bonchev–Trinajstić information content (AvgIpc) is 3.51. The summed E-state index contributed by atoms with van der Waals surface area (Å²) in [7, 11) is 2.85. The fraction of sp³-hybridized carbons (Fsp3) is 0.143. The van der Waals surface area contributed by atoms with Crippen LogP contribution in [0.15, 0.2) is 96.0 Å². The van der Waals surface area contributed by atoms with Crippen LogP contribution in [0.4, 0.5) is 0 Å². The second-order valence-corrected chi connectivity index (χ2v) is 8.70. The smallest absolute Gasteiger partial charge is 0.261 e. The molecule has 0 saturated heterocycles. The van der Waals surface area contributed by atoms with Gasteiger partial charge in [0, 0.05) is 16.5 Å². The topological polar surface area (TPSA) is 95.0 Å². The van der Waals surface area contributed by atoms with E-state index in [0.717, 1.165) is 15.5 Å². The van der Waals surface area contributed by atoms with E-state index >= 15 is 0 Å². The number of thiazole rings is 1. The fourth-order valence-corrected chi connectivity index (χ4v) is 4.48. The van der Waals surface area contributed by atoms with E-state index in [4.69, 9.17) is 14.2 Å². The van der Waals surface area contributed by atoms with Crippen molar-refractivity contribution in [3.8, 4) is 10.6 Å². The van der Waals surface area contributed by atoms with Gasteiger partial charge in [0.2, 0.25) is 5.78 Å². The van der Waals surface area contributed by atoms with E-state index in [2.05, 4.69) is 11.6 Å². The van der Waals surface area contributed by atoms with Crippen LogP contribution in [0.3, 0.4) is 0 Å². The Bertz CT molecular complexity index is 1370. The molecule has 2 aromatic carbocycles. The predicted molar refractivity (Wildman–Crippen MR) is 139 cm³/mol. The zero-order valence-electron chi connectivity index (χ0n) is 20.3. The summed E-state index contributed by atoms with van der Waals surface area (Å²) in [5, 5.41) is 2.41. The number of methoxy groups -OCH3 is 2. The maximum atomic E-state index is 13.0. The molecule has 4 rings (SSSR count). The standard InChI is InChI=1S/C28H24N2O6S/c1-18(25(31)22-17-37-26(29-22)19-9-5-4-6-10-19)15-23(35-3)24(16-34-2)36-14-13-30-27(32)20-11-7-8-12-21(20)28(30)33/h4-12,15-17H,1,13-14H2,2-3H3/b23-15+,24-16-. The number of amides is 2. The summed E-state index contributed by atoms with van der Waals surface area (Å²) < 4.78 is 16.3. The van der Waals surface area contributed by atoms with E-state index in [1.165, 1.54) is 37.9 Å². The first-order valence-corrected chi connectivity index (χ1v) is 12.1.